The number of ether oxygens (including phenoxy) is 2. The molecule has 2 fully saturated rings. The van der Waals surface area contributed by atoms with Gasteiger partial charge in [-0.1, -0.05) is 5.92 Å². The zero-order valence-electron chi connectivity index (χ0n) is 9.95. The molecule has 2 bridgehead atoms. The van der Waals surface area contributed by atoms with Gasteiger partial charge in [0.15, 0.2) is 0 Å². The third kappa shape index (κ3) is 1.76. The first-order chi connectivity index (χ1) is 7.36. The van der Waals surface area contributed by atoms with Gasteiger partial charge in [-0.3, -0.25) is 4.90 Å². The summed E-state index contributed by atoms with van der Waals surface area (Å²) in [6.07, 6.45) is 5.98. The molecule has 2 unspecified atom stereocenters. The van der Waals surface area contributed by atoms with Crippen molar-refractivity contribution in [3.63, 3.8) is 0 Å². The van der Waals surface area contributed by atoms with Crippen molar-refractivity contribution in [2.45, 2.75) is 44.4 Å². The van der Waals surface area contributed by atoms with E-state index in [1.54, 1.807) is 4.90 Å². The number of nitrogens with zero attached hydrogens (tertiary/aromatic N) is 1. The third-order valence-corrected chi connectivity index (χ3v) is 2.91. The van der Waals surface area contributed by atoms with Crippen molar-refractivity contribution in [2.24, 2.45) is 0 Å². The number of hydrogen-bond acceptors (Lipinski definition) is 3. The normalized spacial score (nSPS) is 32.6. The van der Waals surface area contributed by atoms with Crippen LogP contribution in [0, 0.1) is 12.3 Å². The standard InChI is InChI=1S/C12H17NO3/c1-5-12-6-9(15-8-12)7-13(12)10(14)16-11(2,3)4/h1,9H,6-8H2,2-4H3. The van der Waals surface area contributed by atoms with Gasteiger partial charge in [0.1, 0.15) is 11.1 Å². The zero-order valence-corrected chi connectivity index (χ0v) is 9.95. The Labute approximate surface area is 95.9 Å². The molecule has 0 saturated carbocycles. The summed E-state index contributed by atoms with van der Waals surface area (Å²) >= 11 is 0. The fraction of sp³-hybridized carbons (Fsp3) is 0.750. The number of amides is 1. The van der Waals surface area contributed by atoms with Gasteiger partial charge in [-0.15, -0.1) is 6.42 Å². The number of terminal acetylenes is 1. The molecular weight excluding hydrogens is 206 g/mol. The van der Waals surface area contributed by atoms with E-state index in [9.17, 15) is 4.79 Å². The second kappa shape index (κ2) is 3.39. The summed E-state index contributed by atoms with van der Waals surface area (Å²) in [5.74, 6) is 2.69. The number of hydrogen-bond donors (Lipinski definition) is 0. The molecule has 0 aromatic heterocycles. The molecule has 4 heteroatoms. The van der Waals surface area contributed by atoms with Crippen molar-refractivity contribution in [1.82, 2.24) is 4.90 Å². The largest absolute Gasteiger partial charge is 0.444 e. The Hall–Kier alpha value is -1.21. The van der Waals surface area contributed by atoms with Crippen molar-refractivity contribution < 1.29 is 14.3 Å². The van der Waals surface area contributed by atoms with E-state index in [1.807, 2.05) is 20.8 Å². The molecule has 2 heterocycles. The van der Waals surface area contributed by atoms with E-state index in [0.717, 1.165) is 6.42 Å². The Morgan fingerprint density at radius 1 is 1.62 bits per heavy atom. The van der Waals surface area contributed by atoms with Gasteiger partial charge in [0.05, 0.1) is 19.3 Å². The monoisotopic (exact) mass is 223 g/mol. The molecule has 4 nitrogen and oxygen atoms in total. The first kappa shape index (κ1) is 11.3. The van der Waals surface area contributed by atoms with Gasteiger partial charge in [0, 0.05) is 6.42 Å². The van der Waals surface area contributed by atoms with Crippen molar-refractivity contribution >= 4 is 6.09 Å². The SMILES string of the molecule is C#CC12COC(CN1C(=O)OC(C)(C)C)C2. The maximum atomic E-state index is 12.0. The lowest BCUT2D eigenvalue weighted by Gasteiger charge is -2.35. The highest BCUT2D eigenvalue weighted by molar-refractivity contribution is 5.71. The molecule has 88 valence electrons. The Balaban J connectivity index is 2.12. The van der Waals surface area contributed by atoms with Crippen LogP contribution in [-0.4, -0.2) is 41.4 Å². The summed E-state index contributed by atoms with van der Waals surface area (Å²) < 4.78 is 10.8. The van der Waals surface area contributed by atoms with Crippen LogP contribution >= 0.6 is 0 Å². The van der Waals surface area contributed by atoms with E-state index in [0.29, 0.717) is 13.2 Å². The number of morpholine rings is 1. The van der Waals surface area contributed by atoms with Gasteiger partial charge in [-0.25, -0.2) is 4.79 Å². The van der Waals surface area contributed by atoms with E-state index in [-0.39, 0.29) is 12.2 Å². The van der Waals surface area contributed by atoms with Crippen LogP contribution in [0.25, 0.3) is 0 Å². The molecule has 0 aliphatic carbocycles. The fourth-order valence-electron chi connectivity index (χ4n) is 2.18. The lowest BCUT2D eigenvalue weighted by Crippen LogP contribution is -2.52. The topological polar surface area (TPSA) is 38.8 Å². The number of carbonyl (C=O) groups excluding carboxylic acids is 1. The predicted octanol–water partition coefficient (Wildman–Crippen LogP) is 1.40. The Bertz CT molecular complexity index is 352. The van der Waals surface area contributed by atoms with Crippen LogP contribution in [-0.2, 0) is 9.47 Å². The van der Waals surface area contributed by atoms with E-state index in [2.05, 4.69) is 5.92 Å². The fourth-order valence-corrected chi connectivity index (χ4v) is 2.18. The van der Waals surface area contributed by atoms with Gasteiger partial charge in [-0.05, 0) is 20.8 Å². The molecule has 0 spiro atoms. The molecule has 2 saturated heterocycles. The van der Waals surface area contributed by atoms with E-state index in [4.69, 9.17) is 15.9 Å². The summed E-state index contributed by atoms with van der Waals surface area (Å²) in [4.78, 5) is 13.6. The Morgan fingerprint density at radius 2 is 2.31 bits per heavy atom. The molecule has 16 heavy (non-hydrogen) atoms. The van der Waals surface area contributed by atoms with Crippen molar-refractivity contribution in [3.05, 3.63) is 0 Å². The average molecular weight is 223 g/mol. The molecule has 2 rings (SSSR count). The highest BCUT2D eigenvalue weighted by Gasteiger charge is 2.54. The molecule has 1 amide bonds. The van der Waals surface area contributed by atoms with Gasteiger partial charge < -0.3 is 9.47 Å². The maximum absolute atomic E-state index is 12.0. The molecule has 2 aliphatic heterocycles. The first-order valence-corrected chi connectivity index (χ1v) is 5.46. The minimum Gasteiger partial charge on any atom is -0.444 e. The van der Waals surface area contributed by atoms with E-state index >= 15 is 0 Å². The van der Waals surface area contributed by atoms with Crippen LogP contribution in [0.2, 0.25) is 0 Å². The molecule has 0 aromatic carbocycles. The molecule has 0 aromatic rings. The average Bonchev–Trinajstić information content (AvgIpc) is 2.72. The molecule has 0 radical (unpaired) electrons. The van der Waals surface area contributed by atoms with Crippen LogP contribution in [0.4, 0.5) is 4.79 Å². The minimum absolute atomic E-state index is 0.0727. The van der Waals surface area contributed by atoms with E-state index in [1.165, 1.54) is 0 Å². The van der Waals surface area contributed by atoms with Crippen molar-refractivity contribution in [2.75, 3.05) is 13.2 Å². The second-order valence-corrected chi connectivity index (χ2v) is 5.40. The zero-order chi connectivity index (χ0) is 12.0. The minimum atomic E-state index is -0.576. The number of carbonyl (C=O) groups is 1. The number of likely N-dealkylation sites (tertiary alicyclic amines) is 1. The third-order valence-electron chi connectivity index (χ3n) is 2.91. The highest BCUT2D eigenvalue weighted by atomic mass is 16.6. The first-order valence-electron chi connectivity index (χ1n) is 5.46. The molecular formula is C12H17NO3. The predicted molar refractivity (Wildman–Crippen MR) is 58.9 cm³/mol. The van der Waals surface area contributed by atoms with Crippen LogP contribution in [0.15, 0.2) is 0 Å². The van der Waals surface area contributed by atoms with Crippen molar-refractivity contribution in [3.8, 4) is 12.3 Å². The molecule has 0 N–H and O–H groups in total. The number of fused-ring (bicyclic) bond motifs is 2. The lowest BCUT2D eigenvalue weighted by molar-refractivity contribution is -0.0209. The van der Waals surface area contributed by atoms with Gasteiger partial charge in [0.2, 0.25) is 0 Å². The summed E-state index contributed by atoms with van der Waals surface area (Å²) in [7, 11) is 0. The van der Waals surface area contributed by atoms with Gasteiger partial charge in [0.25, 0.3) is 0 Å². The van der Waals surface area contributed by atoms with Crippen molar-refractivity contribution in [1.29, 1.82) is 0 Å². The Morgan fingerprint density at radius 3 is 2.81 bits per heavy atom. The second-order valence-electron chi connectivity index (χ2n) is 5.40. The van der Waals surface area contributed by atoms with Gasteiger partial charge >= 0.3 is 6.09 Å². The van der Waals surface area contributed by atoms with Gasteiger partial charge in [-0.2, -0.15) is 0 Å². The molecule has 2 aliphatic rings. The smallest absolute Gasteiger partial charge is 0.411 e. The quantitative estimate of drug-likeness (QED) is 0.583. The Kier molecular flexibility index (Phi) is 2.39. The summed E-state index contributed by atoms with van der Waals surface area (Å²) in [5, 5.41) is 0. The lowest BCUT2D eigenvalue weighted by atomic mass is 10.0. The van der Waals surface area contributed by atoms with Crippen LogP contribution in [0.3, 0.4) is 0 Å². The van der Waals surface area contributed by atoms with E-state index < -0.39 is 11.1 Å². The maximum Gasteiger partial charge on any atom is 0.411 e. The number of rotatable bonds is 0. The molecule has 2 atom stereocenters. The summed E-state index contributed by atoms with van der Waals surface area (Å²) in [5.41, 5.74) is -1.07. The van der Waals surface area contributed by atoms with Crippen LogP contribution in [0.5, 0.6) is 0 Å². The van der Waals surface area contributed by atoms with Crippen LogP contribution in [0.1, 0.15) is 27.2 Å². The summed E-state index contributed by atoms with van der Waals surface area (Å²) in [6, 6.07) is 0. The van der Waals surface area contributed by atoms with Crippen LogP contribution < -0.4 is 0 Å². The highest BCUT2D eigenvalue weighted by Crippen LogP contribution is 2.38. The summed E-state index contributed by atoms with van der Waals surface area (Å²) in [6.45, 7) is 6.50.